The molecule has 0 radical (unpaired) electrons. The molecule has 3 aromatic rings. The van der Waals surface area contributed by atoms with E-state index in [-0.39, 0.29) is 11.8 Å². The lowest BCUT2D eigenvalue weighted by atomic mass is 10.1. The van der Waals surface area contributed by atoms with Crippen molar-refractivity contribution >= 4 is 35.0 Å². The summed E-state index contributed by atoms with van der Waals surface area (Å²) in [6, 6.07) is 16.0. The zero-order chi connectivity index (χ0) is 19.7. The molecule has 4 rings (SSSR count). The lowest BCUT2D eigenvalue weighted by Crippen LogP contribution is -2.26. The molecule has 1 aliphatic heterocycles. The van der Waals surface area contributed by atoms with E-state index in [2.05, 4.69) is 10.3 Å². The lowest BCUT2D eigenvalue weighted by Gasteiger charge is -2.17. The number of carbonyl (C=O) groups is 2. The Balaban J connectivity index is 1.66. The number of benzene rings is 2. The van der Waals surface area contributed by atoms with Crippen LogP contribution in [-0.4, -0.2) is 31.0 Å². The van der Waals surface area contributed by atoms with Crippen LogP contribution < -0.4 is 15.0 Å². The highest BCUT2D eigenvalue weighted by molar-refractivity contribution is 7.99. The number of hydrogen-bond acceptors (Lipinski definition) is 5. The molecular weight excluding hydrogens is 374 g/mol. The summed E-state index contributed by atoms with van der Waals surface area (Å²) in [6.07, 6.45) is 1.66. The second-order valence-electron chi connectivity index (χ2n) is 6.19. The standard InChI is InChI=1S/C21H17N3O3S/c1-24-17-9-8-13(19(25)23-14-5-3-6-15(12-14)27-2)11-18(17)28-20-16(21(24)26)7-4-10-22-20/h3-12H,1-2H3,(H,23,25). The van der Waals surface area contributed by atoms with E-state index in [9.17, 15) is 9.59 Å². The lowest BCUT2D eigenvalue weighted by molar-refractivity contribution is 0.0988. The van der Waals surface area contributed by atoms with E-state index in [1.165, 1.54) is 11.8 Å². The maximum atomic E-state index is 12.7. The van der Waals surface area contributed by atoms with Crippen molar-refractivity contribution < 1.29 is 14.3 Å². The van der Waals surface area contributed by atoms with Crippen molar-refractivity contribution in [3.8, 4) is 5.75 Å². The van der Waals surface area contributed by atoms with Crippen LogP contribution in [0.3, 0.4) is 0 Å². The molecular formula is C21H17N3O3S. The zero-order valence-corrected chi connectivity index (χ0v) is 16.1. The van der Waals surface area contributed by atoms with Crippen LogP contribution in [0.15, 0.2) is 70.7 Å². The Morgan fingerprint density at radius 1 is 1.14 bits per heavy atom. The monoisotopic (exact) mass is 391 g/mol. The van der Waals surface area contributed by atoms with E-state index >= 15 is 0 Å². The van der Waals surface area contributed by atoms with Gasteiger partial charge in [0.15, 0.2) is 0 Å². The number of ether oxygens (including phenoxy) is 1. The van der Waals surface area contributed by atoms with Gasteiger partial charge < -0.3 is 15.0 Å². The van der Waals surface area contributed by atoms with Crippen molar-refractivity contribution in [2.75, 3.05) is 24.4 Å². The van der Waals surface area contributed by atoms with Gasteiger partial charge in [0.2, 0.25) is 0 Å². The Bertz CT molecular complexity index is 1080. The van der Waals surface area contributed by atoms with Crippen LogP contribution in [0.1, 0.15) is 20.7 Å². The van der Waals surface area contributed by atoms with Crippen molar-refractivity contribution in [2.45, 2.75) is 9.92 Å². The van der Waals surface area contributed by atoms with Crippen molar-refractivity contribution in [3.05, 3.63) is 71.9 Å². The minimum atomic E-state index is -0.240. The molecule has 0 aliphatic carbocycles. The Kier molecular flexibility index (Phi) is 4.75. The summed E-state index contributed by atoms with van der Waals surface area (Å²) in [4.78, 5) is 32.1. The number of nitrogens with zero attached hydrogens (tertiary/aromatic N) is 2. The SMILES string of the molecule is COc1cccc(NC(=O)c2ccc3c(c2)Sc2ncccc2C(=O)N3C)c1. The van der Waals surface area contributed by atoms with Gasteiger partial charge in [-0.15, -0.1) is 0 Å². The van der Waals surface area contributed by atoms with Crippen LogP contribution in [0.2, 0.25) is 0 Å². The molecule has 0 saturated heterocycles. The maximum absolute atomic E-state index is 12.7. The van der Waals surface area contributed by atoms with E-state index in [1.54, 1.807) is 67.7 Å². The fourth-order valence-electron chi connectivity index (χ4n) is 2.95. The van der Waals surface area contributed by atoms with Crippen LogP contribution >= 0.6 is 11.8 Å². The van der Waals surface area contributed by atoms with Gasteiger partial charge in [-0.05, 0) is 42.5 Å². The third-order valence-corrected chi connectivity index (χ3v) is 5.49. The molecule has 0 fully saturated rings. The fourth-order valence-corrected chi connectivity index (χ4v) is 4.03. The molecule has 2 amide bonds. The van der Waals surface area contributed by atoms with Crippen molar-refractivity contribution in [2.24, 2.45) is 0 Å². The van der Waals surface area contributed by atoms with Gasteiger partial charge in [0.1, 0.15) is 10.8 Å². The summed E-state index contributed by atoms with van der Waals surface area (Å²) >= 11 is 1.38. The molecule has 2 heterocycles. The second kappa shape index (κ2) is 7.36. The number of aromatic nitrogens is 1. The number of pyridine rings is 1. The summed E-state index contributed by atoms with van der Waals surface area (Å²) in [7, 11) is 3.30. The van der Waals surface area contributed by atoms with Gasteiger partial charge in [0, 0.05) is 35.5 Å². The molecule has 0 saturated carbocycles. The average molecular weight is 391 g/mol. The Morgan fingerprint density at radius 3 is 2.82 bits per heavy atom. The van der Waals surface area contributed by atoms with E-state index in [1.807, 2.05) is 12.1 Å². The van der Waals surface area contributed by atoms with Gasteiger partial charge in [0.25, 0.3) is 11.8 Å². The first kappa shape index (κ1) is 18.1. The molecule has 2 aromatic carbocycles. The van der Waals surface area contributed by atoms with Gasteiger partial charge in [0.05, 0.1) is 18.4 Å². The molecule has 1 aromatic heterocycles. The van der Waals surface area contributed by atoms with E-state index in [0.717, 1.165) is 10.6 Å². The predicted octanol–water partition coefficient (Wildman–Crippen LogP) is 4.08. The van der Waals surface area contributed by atoms with Gasteiger partial charge in [-0.2, -0.15) is 0 Å². The molecule has 28 heavy (non-hydrogen) atoms. The quantitative estimate of drug-likeness (QED) is 0.728. The molecule has 0 atom stereocenters. The number of anilines is 2. The number of amides is 2. The molecule has 6 nitrogen and oxygen atoms in total. The highest BCUT2D eigenvalue weighted by Crippen LogP contribution is 2.40. The van der Waals surface area contributed by atoms with Crippen LogP contribution in [0.25, 0.3) is 0 Å². The summed E-state index contributed by atoms with van der Waals surface area (Å²) in [6.45, 7) is 0. The van der Waals surface area contributed by atoms with Crippen LogP contribution in [-0.2, 0) is 0 Å². The molecule has 0 spiro atoms. The number of methoxy groups -OCH3 is 1. The highest BCUT2D eigenvalue weighted by atomic mass is 32.2. The smallest absolute Gasteiger partial charge is 0.260 e. The minimum Gasteiger partial charge on any atom is -0.497 e. The van der Waals surface area contributed by atoms with Crippen molar-refractivity contribution in [1.29, 1.82) is 0 Å². The Labute approximate surface area is 166 Å². The zero-order valence-electron chi connectivity index (χ0n) is 15.3. The van der Waals surface area contributed by atoms with Crippen LogP contribution in [0, 0.1) is 0 Å². The van der Waals surface area contributed by atoms with Gasteiger partial charge in [-0.3, -0.25) is 9.59 Å². The van der Waals surface area contributed by atoms with E-state index < -0.39 is 0 Å². The highest BCUT2D eigenvalue weighted by Gasteiger charge is 2.26. The Morgan fingerprint density at radius 2 is 2.00 bits per heavy atom. The first-order chi connectivity index (χ1) is 13.6. The molecule has 7 heteroatoms. The Hall–Kier alpha value is -3.32. The third-order valence-electron chi connectivity index (χ3n) is 4.42. The number of hydrogen-bond donors (Lipinski definition) is 1. The van der Waals surface area contributed by atoms with E-state index in [0.29, 0.717) is 27.6 Å². The summed E-state index contributed by atoms with van der Waals surface area (Å²) in [5, 5.41) is 3.50. The predicted molar refractivity (Wildman–Crippen MR) is 108 cm³/mol. The van der Waals surface area contributed by atoms with Crippen LogP contribution in [0.5, 0.6) is 5.75 Å². The molecule has 140 valence electrons. The van der Waals surface area contributed by atoms with Crippen LogP contribution in [0.4, 0.5) is 11.4 Å². The first-order valence-corrected chi connectivity index (χ1v) is 9.39. The van der Waals surface area contributed by atoms with Gasteiger partial charge in [-0.25, -0.2) is 4.98 Å². The minimum absolute atomic E-state index is 0.122. The molecule has 0 unspecified atom stereocenters. The average Bonchev–Trinajstić information content (AvgIpc) is 2.83. The van der Waals surface area contributed by atoms with Crippen molar-refractivity contribution in [3.63, 3.8) is 0 Å². The normalized spacial score (nSPS) is 12.6. The van der Waals surface area contributed by atoms with E-state index in [4.69, 9.17) is 4.74 Å². The summed E-state index contributed by atoms with van der Waals surface area (Å²) in [5.74, 6) is 0.303. The second-order valence-corrected chi connectivity index (χ2v) is 7.22. The number of fused-ring (bicyclic) bond motifs is 2. The third kappa shape index (κ3) is 3.32. The van der Waals surface area contributed by atoms with Gasteiger partial charge >= 0.3 is 0 Å². The number of carbonyl (C=O) groups excluding carboxylic acids is 2. The first-order valence-electron chi connectivity index (χ1n) is 8.57. The molecule has 0 bridgehead atoms. The largest absolute Gasteiger partial charge is 0.497 e. The molecule has 1 N–H and O–H groups in total. The summed E-state index contributed by atoms with van der Waals surface area (Å²) < 4.78 is 5.19. The molecule has 1 aliphatic rings. The van der Waals surface area contributed by atoms with Crippen molar-refractivity contribution in [1.82, 2.24) is 4.98 Å². The van der Waals surface area contributed by atoms with Gasteiger partial charge in [-0.1, -0.05) is 17.8 Å². The summed E-state index contributed by atoms with van der Waals surface area (Å²) in [5.41, 5.74) is 2.43. The maximum Gasteiger partial charge on any atom is 0.260 e. The topological polar surface area (TPSA) is 71.5 Å². The number of rotatable bonds is 3. The number of nitrogens with one attached hydrogen (secondary N) is 1. The fraction of sp³-hybridized carbons (Fsp3) is 0.0952.